The van der Waals surface area contributed by atoms with Gasteiger partial charge in [0.15, 0.2) is 5.69 Å². The lowest BCUT2D eigenvalue weighted by atomic mass is 10.1. The Morgan fingerprint density at radius 1 is 1.11 bits per heavy atom. The lowest BCUT2D eigenvalue weighted by molar-refractivity contribution is 0.0978. The highest BCUT2D eigenvalue weighted by Gasteiger charge is 2.26. The summed E-state index contributed by atoms with van der Waals surface area (Å²) in [6, 6.07) is 11.9. The van der Waals surface area contributed by atoms with Crippen molar-refractivity contribution in [2.75, 3.05) is 17.2 Å². The number of hydrogen-bond acceptors (Lipinski definition) is 6. The number of aromatic nitrogens is 4. The number of amides is 1. The van der Waals surface area contributed by atoms with Gasteiger partial charge in [-0.3, -0.25) is 28.8 Å². The van der Waals surface area contributed by atoms with Crippen molar-refractivity contribution in [3.8, 4) is 0 Å². The van der Waals surface area contributed by atoms with Crippen LogP contribution in [0.25, 0.3) is 0 Å². The number of unbranched alkanes of at least 4 members (excludes halogenated alkanes) is 1. The Morgan fingerprint density at radius 2 is 1.83 bits per heavy atom. The number of anilines is 2. The molecule has 186 valence electrons. The number of carbonyl (C=O) groups excluding carboxylic acids is 1. The van der Waals surface area contributed by atoms with Gasteiger partial charge in [0.05, 0.1) is 6.54 Å². The Balaban J connectivity index is 2.07. The maximum absolute atomic E-state index is 13.6. The molecular weight excluding hydrogens is 448 g/mol. The topological polar surface area (TPSA) is 136 Å². The van der Waals surface area contributed by atoms with E-state index in [0.29, 0.717) is 19.4 Å². The molecule has 0 aliphatic rings. The molecule has 10 nitrogen and oxygen atoms in total. The summed E-state index contributed by atoms with van der Waals surface area (Å²) in [6.45, 7) is 6.67. The number of nitrogen functional groups attached to an aromatic ring is 1. The van der Waals surface area contributed by atoms with Gasteiger partial charge in [-0.1, -0.05) is 57.5 Å². The molecule has 2 aromatic heterocycles. The molecule has 1 aromatic carbocycles. The summed E-state index contributed by atoms with van der Waals surface area (Å²) in [4.78, 5) is 54.8. The normalized spacial score (nSPS) is 11.1. The van der Waals surface area contributed by atoms with E-state index in [2.05, 4.69) is 10.1 Å². The van der Waals surface area contributed by atoms with Gasteiger partial charge in [0, 0.05) is 19.2 Å². The molecule has 0 aliphatic carbocycles. The van der Waals surface area contributed by atoms with E-state index in [4.69, 9.17) is 5.73 Å². The lowest BCUT2D eigenvalue weighted by Crippen LogP contribution is -2.42. The summed E-state index contributed by atoms with van der Waals surface area (Å²) in [7, 11) is 0. The number of carbonyl (C=O) groups is 1. The first kappa shape index (κ1) is 25.7. The van der Waals surface area contributed by atoms with Gasteiger partial charge in [0.1, 0.15) is 11.5 Å². The van der Waals surface area contributed by atoms with Crippen LogP contribution in [0.15, 0.2) is 56.8 Å². The molecule has 10 heteroatoms. The van der Waals surface area contributed by atoms with Crippen LogP contribution in [0.2, 0.25) is 0 Å². The highest BCUT2D eigenvalue weighted by atomic mass is 16.2. The van der Waals surface area contributed by atoms with Crippen LogP contribution in [0, 0.1) is 5.92 Å². The minimum absolute atomic E-state index is 0.00519. The van der Waals surface area contributed by atoms with Gasteiger partial charge in [-0.2, -0.15) is 5.10 Å². The van der Waals surface area contributed by atoms with Crippen LogP contribution >= 0.6 is 0 Å². The number of hydrogen-bond donors (Lipinski definition) is 2. The molecule has 0 atom stereocenters. The van der Waals surface area contributed by atoms with Crippen LogP contribution in [0.5, 0.6) is 0 Å². The standard InChI is InChI=1S/C25H32N6O4/c1-4-5-14-30-22(26)21(23(33)27-25(30)35)29(15-13-17(2)3)24(34)19-11-12-20(32)31(28-19)16-18-9-7-6-8-10-18/h6-12,17H,4-5,13-16,26H2,1-3H3,(H,27,33,35). The fourth-order valence-electron chi connectivity index (χ4n) is 3.65. The zero-order valence-electron chi connectivity index (χ0n) is 20.4. The first-order valence-electron chi connectivity index (χ1n) is 11.8. The van der Waals surface area contributed by atoms with Crippen molar-refractivity contribution in [3.05, 3.63) is 84.9 Å². The average molecular weight is 481 g/mol. The Morgan fingerprint density at radius 3 is 2.49 bits per heavy atom. The Kier molecular flexibility index (Phi) is 8.40. The zero-order chi connectivity index (χ0) is 25.5. The van der Waals surface area contributed by atoms with E-state index in [1.54, 1.807) is 0 Å². The smallest absolute Gasteiger partial charge is 0.330 e. The summed E-state index contributed by atoms with van der Waals surface area (Å²) < 4.78 is 2.48. The van der Waals surface area contributed by atoms with Crippen molar-refractivity contribution in [3.63, 3.8) is 0 Å². The van der Waals surface area contributed by atoms with Gasteiger partial charge in [-0.15, -0.1) is 0 Å². The van der Waals surface area contributed by atoms with Crippen molar-refractivity contribution in [2.24, 2.45) is 5.92 Å². The molecule has 0 saturated heterocycles. The summed E-state index contributed by atoms with van der Waals surface area (Å²) in [5, 5.41) is 4.28. The monoisotopic (exact) mass is 480 g/mol. The van der Waals surface area contributed by atoms with Crippen molar-refractivity contribution in [1.29, 1.82) is 0 Å². The van der Waals surface area contributed by atoms with E-state index in [9.17, 15) is 19.2 Å². The maximum atomic E-state index is 13.6. The Bertz CT molecular complexity index is 1340. The van der Waals surface area contributed by atoms with E-state index in [1.165, 1.54) is 26.3 Å². The van der Waals surface area contributed by atoms with Gasteiger partial charge in [-0.05, 0) is 30.4 Å². The zero-order valence-corrected chi connectivity index (χ0v) is 20.4. The Hall–Kier alpha value is -3.95. The number of rotatable bonds is 10. The van der Waals surface area contributed by atoms with Crippen LogP contribution in [0.4, 0.5) is 11.5 Å². The number of benzene rings is 1. The second-order valence-electron chi connectivity index (χ2n) is 8.84. The van der Waals surface area contributed by atoms with Crippen LogP contribution in [0.3, 0.4) is 0 Å². The summed E-state index contributed by atoms with van der Waals surface area (Å²) in [6.07, 6.45) is 2.09. The fraction of sp³-hybridized carbons (Fsp3) is 0.400. The second-order valence-corrected chi connectivity index (χ2v) is 8.84. The average Bonchev–Trinajstić information content (AvgIpc) is 2.82. The third-order valence-electron chi connectivity index (χ3n) is 5.66. The van der Waals surface area contributed by atoms with Gasteiger partial charge in [-0.25, -0.2) is 9.48 Å². The molecule has 0 fully saturated rings. The molecule has 3 rings (SSSR count). The predicted molar refractivity (Wildman–Crippen MR) is 136 cm³/mol. The van der Waals surface area contributed by atoms with Crippen LogP contribution in [-0.2, 0) is 13.1 Å². The van der Waals surface area contributed by atoms with Gasteiger partial charge < -0.3 is 5.73 Å². The van der Waals surface area contributed by atoms with Crippen molar-refractivity contribution in [1.82, 2.24) is 19.3 Å². The third-order valence-corrected chi connectivity index (χ3v) is 5.66. The van der Waals surface area contributed by atoms with Gasteiger partial charge in [0.2, 0.25) is 0 Å². The minimum atomic E-state index is -0.741. The molecular formula is C25H32N6O4. The van der Waals surface area contributed by atoms with E-state index in [0.717, 1.165) is 12.0 Å². The van der Waals surface area contributed by atoms with Gasteiger partial charge in [0.25, 0.3) is 17.0 Å². The van der Waals surface area contributed by atoms with Gasteiger partial charge >= 0.3 is 5.69 Å². The molecule has 0 spiro atoms. The first-order chi connectivity index (χ1) is 16.7. The van der Waals surface area contributed by atoms with E-state index >= 15 is 0 Å². The highest BCUT2D eigenvalue weighted by molar-refractivity contribution is 6.05. The van der Waals surface area contributed by atoms with Crippen LogP contribution in [0.1, 0.15) is 56.1 Å². The SMILES string of the molecule is CCCCn1c(N)c(N(CCC(C)C)C(=O)c2ccc(=O)n(Cc3ccccc3)n2)c(=O)[nH]c1=O. The molecule has 3 N–H and O–H groups in total. The molecule has 0 saturated carbocycles. The molecule has 1 amide bonds. The predicted octanol–water partition coefficient (Wildman–Crippen LogP) is 2.22. The molecule has 0 bridgehead atoms. The number of H-pyrrole nitrogens is 1. The number of nitrogens with one attached hydrogen (secondary N) is 1. The number of nitrogens with zero attached hydrogens (tertiary/aromatic N) is 4. The largest absolute Gasteiger partial charge is 0.383 e. The summed E-state index contributed by atoms with van der Waals surface area (Å²) in [5.41, 5.74) is 5.33. The minimum Gasteiger partial charge on any atom is -0.383 e. The molecule has 35 heavy (non-hydrogen) atoms. The maximum Gasteiger partial charge on any atom is 0.330 e. The molecule has 3 aromatic rings. The summed E-state index contributed by atoms with van der Waals surface area (Å²) in [5.74, 6) is -0.413. The van der Waals surface area contributed by atoms with E-state index in [-0.39, 0.29) is 41.8 Å². The van der Waals surface area contributed by atoms with Crippen molar-refractivity contribution in [2.45, 2.75) is 53.1 Å². The quantitative estimate of drug-likeness (QED) is 0.457. The summed E-state index contributed by atoms with van der Waals surface area (Å²) >= 11 is 0. The van der Waals surface area contributed by atoms with E-state index < -0.39 is 17.2 Å². The third kappa shape index (κ3) is 6.14. The highest BCUT2D eigenvalue weighted by Crippen LogP contribution is 2.20. The molecule has 0 unspecified atom stereocenters. The molecule has 0 radical (unpaired) electrons. The second kappa shape index (κ2) is 11.5. The lowest BCUT2D eigenvalue weighted by Gasteiger charge is -2.25. The number of aromatic amines is 1. The van der Waals surface area contributed by atoms with Crippen molar-refractivity contribution < 1.29 is 4.79 Å². The van der Waals surface area contributed by atoms with Crippen molar-refractivity contribution >= 4 is 17.4 Å². The van der Waals surface area contributed by atoms with Crippen LogP contribution < -0.4 is 27.4 Å². The van der Waals surface area contributed by atoms with Crippen LogP contribution in [-0.4, -0.2) is 31.8 Å². The molecule has 0 aliphatic heterocycles. The number of nitrogens with two attached hydrogens (primary N) is 1. The fourth-order valence-corrected chi connectivity index (χ4v) is 3.65. The molecule has 2 heterocycles. The van der Waals surface area contributed by atoms with E-state index in [1.807, 2.05) is 51.1 Å². The Labute approximate surface area is 203 Å². The first-order valence-corrected chi connectivity index (χ1v) is 11.8.